The predicted octanol–water partition coefficient (Wildman–Crippen LogP) is 21.7. The van der Waals surface area contributed by atoms with Gasteiger partial charge in [-0.2, -0.15) is 0 Å². The molecule has 0 aliphatic rings. The zero-order chi connectivity index (χ0) is 50.4. The van der Waals surface area contributed by atoms with Gasteiger partial charge in [0.25, 0.3) is 0 Å². The van der Waals surface area contributed by atoms with Crippen LogP contribution in [0.1, 0.15) is 0 Å². The molecule has 0 saturated heterocycles. The van der Waals surface area contributed by atoms with Gasteiger partial charge in [0.15, 0.2) is 0 Å². The number of hydrogen-bond acceptors (Lipinski definition) is 0. The Morgan fingerprint density at radius 3 is 0.553 bits per heavy atom. The van der Waals surface area contributed by atoms with Gasteiger partial charge in [-0.15, -0.1) is 0 Å². The first-order chi connectivity index (χ1) is 37.7. The number of hydrogen-bond donors (Lipinski definition) is 0. The van der Waals surface area contributed by atoms with E-state index in [4.69, 9.17) is 0 Å². The fourth-order valence-electron chi connectivity index (χ4n) is 11.9. The summed E-state index contributed by atoms with van der Waals surface area (Å²) in [5, 5.41) is 32.8. The van der Waals surface area contributed by atoms with Crippen molar-refractivity contribution in [2.45, 2.75) is 0 Å². The molecule has 76 heavy (non-hydrogen) atoms. The van der Waals surface area contributed by atoms with Gasteiger partial charge < -0.3 is 0 Å². The number of fused-ring (bicyclic) bond motifs is 4. The molecule has 0 amide bonds. The first kappa shape index (κ1) is 44.8. The third-order valence-corrected chi connectivity index (χ3v) is 15.5. The van der Waals surface area contributed by atoms with Gasteiger partial charge >= 0.3 is 0 Å². The highest BCUT2D eigenvalue weighted by atomic mass is 14.2. The lowest BCUT2D eigenvalue weighted by Crippen LogP contribution is -1.91. The minimum absolute atomic E-state index is 1.28. The molecule has 0 N–H and O–H groups in total. The Hall–Kier alpha value is -9.88. The lowest BCUT2D eigenvalue weighted by Gasteiger charge is -2.20. The zero-order valence-corrected chi connectivity index (χ0v) is 41.9. The molecule has 0 radical (unpaired) electrons. The SMILES string of the molecule is c1cc2ccc3ccc4ccc5ccc6ccc1c1c2c3c4c5c61.c1cc2ccc3cccc4ccc(c1)c2c34.c1ccc(-c2ccccc2)cc1.c1ccc2c(c1)ccc1ccccc12.c1ccc2ccccc2c1. The maximum atomic E-state index is 2.27. The molecular weight excluding hydrogens is 913 g/mol. The molecule has 18 rings (SSSR count). The van der Waals surface area contributed by atoms with E-state index in [1.807, 2.05) is 12.1 Å². The summed E-state index contributed by atoms with van der Waals surface area (Å²) in [5.74, 6) is 0. The van der Waals surface area contributed by atoms with Gasteiger partial charge in [-0.05, 0) is 140 Å². The van der Waals surface area contributed by atoms with Crippen LogP contribution in [0, 0.1) is 0 Å². The summed E-state index contributed by atoms with van der Waals surface area (Å²) in [6, 6.07) is 108. The predicted molar refractivity (Wildman–Crippen MR) is 332 cm³/mol. The molecule has 0 spiro atoms. The van der Waals surface area contributed by atoms with Crippen LogP contribution in [0.4, 0.5) is 0 Å². The zero-order valence-electron chi connectivity index (χ0n) is 41.9. The van der Waals surface area contributed by atoms with Gasteiger partial charge in [0.2, 0.25) is 0 Å². The van der Waals surface area contributed by atoms with Crippen molar-refractivity contribution in [3.8, 4) is 11.1 Å². The molecule has 0 unspecified atom stereocenters. The molecule has 0 fully saturated rings. The molecule has 0 aliphatic carbocycles. The van der Waals surface area contributed by atoms with Gasteiger partial charge in [-0.1, -0.05) is 303 Å². The average Bonchev–Trinajstić information content (AvgIpc) is 3.70. The molecule has 0 saturated carbocycles. The molecule has 18 aromatic carbocycles. The van der Waals surface area contributed by atoms with Gasteiger partial charge in [-0.3, -0.25) is 0 Å². The van der Waals surface area contributed by atoms with Crippen LogP contribution in [0.15, 0.2) is 303 Å². The Balaban J connectivity index is 0.0000000903. The number of rotatable bonds is 1. The Labute approximate surface area is 441 Å². The van der Waals surface area contributed by atoms with Crippen molar-refractivity contribution >= 4 is 129 Å². The Bertz CT molecular complexity index is 4290. The van der Waals surface area contributed by atoms with E-state index in [1.165, 1.54) is 140 Å². The highest BCUT2D eigenvalue weighted by molar-refractivity contribution is 6.44. The fourth-order valence-corrected chi connectivity index (χ4v) is 11.9. The summed E-state index contributed by atoms with van der Waals surface area (Å²) < 4.78 is 0. The van der Waals surface area contributed by atoms with E-state index in [-0.39, 0.29) is 0 Å². The van der Waals surface area contributed by atoms with Gasteiger partial charge in [0.05, 0.1) is 0 Å². The smallest absolute Gasteiger partial charge is 0.00139 e. The quantitative estimate of drug-likeness (QED) is 0.114. The van der Waals surface area contributed by atoms with Gasteiger partial charge in [0.1, 0.15) is 0 Å². The van der Waals surface area contributed by atoms with Crippen molar-refractivity contribution < 1.29 is 0 Å². The second-order valence-electron chi connectivity index (χ2n) is 19.9. The minimum atomic E-state index is 1.28. The van der Waals surface area contributed by atoms with Gasteiger partial charge in [-0.25, -0.2) is 0 Å². The van der Waals surface area contributed by atoms with Crippen molar-refractivity contribution in [2.24, 2.45) is 0 Å². The van der Waals surface area contributed by atoms with Crippen LogP contribution in [0.2, 0.25) is 0 Å². The standard InChI is InChI=1S/C24H12.C16H10.C14H10.C12H10.C10H8/c1-2-14-5-6-16-9-11-18-12-10-17-8-7-15-4-3-13(1)19-20(14)22(16)24(18)23(17)21(15)19;1-3-11-7-9-13-5-2-6-14-10-8-12(4-1)15(11)16(13)14;1-3-7-13-11(5-1)9-10-12-6-2-4-8-14(12)13;1-3-7-11(8-4-1)12-9-5-2-6-10-12;1-2-6-10-8-4-3-7-9(10)5-1/h1-12H;1-10H;1-10H;1-10H;1-8H. The Morgan fingerprint density at radius 1 is 0.105 bits per heavy atom. The fraction of sp³-hybridized carbons (Fsp3) is 0. The molecular formula is C76H50. The second-order valence-corrected chi connectivity index (χ2v) is 19.9. The molecule has 18 aromatic rings. The highest BCUT2D eigenvalue weighted by Crippen LogP contribution is 2.48. The molecule has 0 atom stereocenters. The van der Waals surface area contributed by atoms with Crippen LogP contribution in [0.5, 0.6) is 0 Å². The van der Waals surface area contributed by atoms with Crippen molar-refractivity contribution in [1.29, 1.82) is 0 Å². The Morgan fingerprint density at radius 2 is 0.289 bits per heavy atom. The molecule has 0 bridgehead atoms. The van der Waals surface area contributed by atoms with Crippen LogP contribution in [0.25, 0.3) is 140 Å². The molecule has 0 aromatic heterocycles. The van der Waals surface area contributed by atoms with E-state index in [0.29, 0.717) is 0 Å². The number of benzene rings is 18. The molecule has 0 heteroatoms. The third kappa shape index (κ3) is 7.96. The second kappa shape index (κ2) is 19.2. The topological polar surface area (TPSA) is 0 Å². The molecule has 0 nitrogen and oxygen atoms in total. The first-order valence-corrected chi connectivity index (χ1v) is 26.3. The summed E-state index contributed by atoms with van der Waals surface area (Å²) in [5.41, 5.74) is 2.55. The van der Waals surface area contributed by atoms with Crippen LogP contribution >= 0.6 is 0 Å². The van der Waals surface area contributed by atoms with Crippen molar-refractivity contribution in [2.75, 3.05) is 0 Å². The normalized spacial score (nSPS) is 11.4. The van der Waals surface area contributed by atoms with Crippen LogP contribution in [-0.4, -0.2) is 0 Å². The van der Waals surface area contributed by atoms with E-state index >= 15 is 0 Å². The van der Waals surface area contributed by atoms with E-state index < -0.39 is 0 Å². The summed E-state index contributed by atoms with van der Waals surface area (Å²) in [7, 11) is 0. The monoisotopic (exact) mass is 962 g/mol. The maximum Gasteiger partial charge on any atom is -0.00139 e. The lowest BCUT2D eigenvalue weighted by molar-refractivity contribution is 1.62. The van der Waals surface area contributed by atoms with E-state index in [2.05, 4.69) is 291 Å². The summed E-state index contributed by atoms with van der Waals surface area (Å²) in [6.45, 7) is 0. The summed E-state index contributed by atoms with van der Waals surface area (Å²) in [6.07, 6.45) is 0. The van der Waals surface area contributed by atoms with Crippen LogP contribution in [0.3, 0.4) is 0 Å². The summed E-state index contributed by atoms with van der Waals surface area (Å²) in [4.78, 5) is 0. The molecule has 0 heterocycles. The third-order valence-electron chi connectivity index (χ3n) is 15.5. The molecule has 0 aliphatic heterocycles. The van der Waals surface area contributed by atoms with E-state index in [1.54, 1.807) is 0 Å². The minimum Gasteiger partial charge on any atom is -0.0622 e. The average molecular weight is 963 g/mol. The highest BCUT2D eigenvalue weighted by Gasteiger charge is 2.19. The van der Waals surface area contributed by atoms with E-state index in [9.17, 15) is 0 Å². The lowest BCUT2D eigenvalue weighted by atomic mass is 9.83. The van der Waals surface area contributed by atoms with Crippen molar-refractivity contribution in [1.82, 2.24) is 0 Å². The van der Waals surface area contributed by atoms with Gasteiger partial charge in [0, 0.05) is 0 Å². The van der Waals surface area contributed by atoms with E-state index in [0.717, 1.165) is 0 Å². The van der Waals surface area contributed by atoms with Crippen LogP contribution in [-0.2, 0) is 0 Å². The van der Waals surface area contributed by atoms with Crippen molar-refractivity contribution in [3.63, 3.8) is 0 Å². The maximum absolute atomic E-state index is 2.27. The molecule has 354 valence electrons. The Kier molecular flexibility index (Phi) is 11.3. The van der Waals surface area contributed by atoms with Crippen LogP contribution < -0.4 is 0 Å². The first-order valence-electron chi connectivity index (χ1n) is 26.3. The largest absolute Gasteiger partial charge is 0.0622 e. The van der Waals surface area contributed by atoms with Crippen molar-refractivity contribution in [3.05, 3.63) is 303 Å². The summed E-state index contributed by atoms with van der Waals surface area (Å²) >= 11 is 0.